The summed E-state index contributed by atoms with van der Waals surface area (Å²) >= 11 is 6.04. The van der Waals surface area contributed by atoms with Gasteiger partial charge in [0.25, 0.3) is 0 Å². The van der Waals surface area contributed by atoms with Crippen molar-refractivity contribution >= 4 is 35.0 Å². The van der Waals surface area contributed by atoms with Crippen molar-refractivity contribution in [3.63, 3.8) is 0 Å². The Kier molecular flexibility index (Phi) is 7.48. The molecule has 0 saturated carbocycles. The van der Waals surface area contributed by atoms with E-state index in [1.54, 1.807) is 24.3 Å². The zero-order chi connectivity index (χ0) is 27.9. The molecule has 3 amide bonds. The van der Waals surface area contributed by atoms with Gasteiger partial charge in [-0.05, 0) is 61.9 Å². The van der Waals surface area contributed by atoms with Gasteiger partial charge in [-0.2, -0.15) is 0 Å². The molecule has 2 aromatic rings. The lowest BCUT2D eigenvalue weighted by molar-refractivity contribution is -0.149. The third-order valence-corrected chi connectivity index (χ3v) is 9.11. The maximum Gasteiger partial charge on any atom is 0.250 e. The monoisotopic (exact) mass is 553 g/mol. The second-order valence-corrected chi connectivity index (χ2v) is 11.7. The molecule has 7 atom stereocenters. The lowest BCUT2D eigenvalue weighted by Crippen LogP contribution is -2.57. The molecule has 2 aromatic carbocycles. The first-order valence-corrected chi connectivity index (χ1v) is 14.0. The van der Waals surface area contributed by atoms with E-state index in [4.69, 9.17) is 16.3 Å². The molecule has 3 heterocycles. The fraction of sp³-hybridized carbons (Fsp3) is 0.500. The number of carbonyl (C=O) groups excluding carboxylic acids is 3. The Bertz CT molecular complexity index is 1240. The Labute approximate surface area is 234 Å². The highest BCUT2D eigenvalue weighted by molar-refractivity contribution is 6.30. The number of hydrogen-bond acceptors (Lipinski definition) is 5. The SMILES string of the molecule is CCCNC(=O)[C@H]1[C@H]2C(=O)N([C@@H](CO)Cc3ccccc3)C(C(=O)Nc3ccc(Cl)cc3)C23CC(C)[C@]1(C)O3. The van der Waals surface area contributed by atoms with Gasteiger partial charge < -0.3 is 25.4 Å². The van der Waals surface area contributed by atoms with Crippen molar-refractivity contribution in [2.45, 2.75) is 63.3 Å². The topological polar surface area (TPSA) is 108 Å². The predicted molar refractivity (Wildman–Crippen MR) is 148 cm³/mol. The van der Waals surface area contributed by atoms with Crippen molar-refractivity contribution in [1.82, 2.24) is 10.2 Å². The lowest BCUT2D eigenvalue weighted by Gasteiger charge is -2.37. The molecule has 3 N–H and O–H groups in total. The zero-order valence-electron chi connectivity index (χ0n) is 22.5. The van der Waals surface area contributed by atoms with E-state index in [0.29, 0.717) is 30.1 Å². The summed E-state index contributed by atoms with van der Waals surface area (Å²) in [6, 6.07) is 14.6. The fourth-order valence-corrected chi connectivity index (χ4v) is 7.13. The first-order valence-electron chi connectivity index (χ1n) is 13.7. The summed E-state index contributed by atoms with van der Waals surface area (Å²) in [6.45, 7) is 6.03. The van der Waals surface area contributed by atoms with Crippen LogP contribution in [0.15, 0.2) is 54.6 Å². The van der Waals surface area contributed by atoms with E-state index in [-0.39, 0.29) is 24.3 Å². The van der Waals surface area contributed by atoms with Crippen LogP contribution in [0, 0.1) is 17.8 Å². The average molecular weight is 554 g/mol. The van der Waals surface area contributed by atoms with Gasteiger partial charge in [-0.25, -0.2) is 0 Å². The molecule has 3 fully saturated rings. The number of benzene rings is 2. The maximum atomic E-state index is 14.4. The number of fused-ring (bicyclic) bond motifs is 1. The number of rotatable bonds is 9. The van der Waals surface area contributed by atoms with Gasteiger partial charge in [0.15, 0.2) is 0 Å². The number of amides is 3. The first kappa shape index (κ1) is 27.6. The van der Waals surface area contributed by atoms with Crippen LogP contribution in [0.4, 0.5) is 5.69 Å². The summed E-state index contributed by atoms with van der Waals surface area (Å²) in [5, 5.41) is 17.0. The van der Waals surface area contributed by atoms with Crippen molar-refractivity contribution in [3.05, 3.63) is 65.2 Å². The van der Waals surface area contributed by atoms with Crippen LogP contribution < -0.4 is 10.6 Å². The first-order chi connectivity index (χ1) is 18.7. The third-order valence-electron chi connectivity index (χ3n) is 8.86. The van der Waals surface area contributed by atoms with Crippen LogP contribution in [0.5, 0.6) is 0 Å². The molecule has 0 aromatic heterocycles. The lowest BCUT2D eigenvalue weighted by atomic mass is 9.62. The number of aliphatic hydroxyl groups is 1. The van der Waals surface area contributed by atoms with Crippen molar-refractivity contribution < 1.29 is 24.2 Å². The van der Waals surface area contributed by atoms with Gasteiger partial charge in [-0.15, -0.1) is 0 Å². The van der Waals surface area contributed by atoms with Gasteiger partial charge in [-0.1, -0.05) is 55.8 Å². The maximum absolute atomic E-state index is 14.4. The van der Waals surface area contributed by atoms with E-state index in [2.05, 4.69) is 10.6 Å². The molecule has 3 aliphatic rings. The Morgan fingerprint density at radius 1 is 1.15 bits per heavy atom. The van der Waals surface area contributed by atoms with Crippen LogP contribution in [0.3, 0.4) is 0 Å². The summed E-state index contributed by atoms with van der Waals surface area (Å²) in [5.41, 5.74) is -0.625. The number of anilines is 1. The molecule has 3 unspecified atom stereocenters. The van der Waals surface area contributed by atoms with Crippen LogP contribution >= 0.6 is 11.6 Å². The number of hydrogen-bond donors (Lipinski definition) is 3. The van der Waals surface area contributed by atoms with Crippen LogP contribution in [-0.2, 0) is 25.5 Å². The Morgan fingerprint density at radius 2 is 1.85 bits per heavy atom. The Hall–Kier alpha value is -2.94. The molecule has 2 bridgehead atoms. The standard InChI is InChI=1S/C30H36ClN3O5/c1-4-14-32-26(36)23-24-28(38)34(22(17-35)15-19-8-6-5-7-9-19)25(30(24)16-18(2)29(23,3)39-30)27(37)33-21-12-10-20(31)11-13-21/h5-13,18,22-25,35H,4,14-17H2,1-3H3,(H,32,36)(H,33,37)/t18?,22-,23-,24+,25?,29+,30?/m1/s1. The zero-order valence-corrected chi connectivity index (χ0v) is 23.3. The molecule has 0 aliphatic carbocycles. The van der Waals surface area contributed by atoms with E-state index in [1.807, 2.05) is 51.1 Å². The van der Waals surface area contributed by atoms with Crippen molar-refractivity contribution in [1.29, 1.82) is 0 Å². The molecular weight excluding hydrogens is 518 g/mol. The molecular formula is C30H36ClN3O5. The van der Waals surface area contributed by atoms with Gasteiger partial charge in [0.1, 0.15) is 11.6 Å². The van der Waals surface area contributed by atoms with Crippen LogP contribution in [0.25, 0.3) is 0 Å². The third kappa shape index (κ3) is 4.52. The highest BCUT2D eigenvalue weighted by Crippen LogP contribution is 2.65. The summed E-state index contributed by atoms with van der Waals surface area (Å²) in [7, 11) is 0. The molecule has 39 heavy (non-hydrogen) atoms. The summed E-state index contributed by atoms with van der Waals surface area (Å²) in [5.74, 6) is -2.60. The highest BCUT2D eigenvalue weighted by atomic mass is 35.5. The van der Waals surface area contributed by atoms with E-state index in [9.17, 15) is 19.5 Å². The van der Waals surface area contributed by atoms with Gasteiger partial charge in [-0.3, -0.25) is 14.4 Å². The molecule has 1 spiro atoms. The average Bonchev–Trinajstić information content (AvgIpc) is 3.44. The molecule has 9 heteroatoms. The number of aliphatic hydroxyl groups excluding tert-OH is 1. The number of ether oxygens (including phenoxy) is 1. The Morgan fingerprint density at radius 3 is 2.49 bits per heavy atom. The van der Waals surface area contributed by atoms with Gasteiger partial charge >= 0.3 is 0 Å². The largest absolute Gasteiger partial charge is 0.394 e. The van der Waals surface area contributed by atoms with E-state index >= 15 is 0 Å². The number of nitrogens with zero attached hydrogens (tertiary/aromatic N) is 1. The van der Waals surface area contributed by atoms with Crippen molar-refractivity contribution in [2.75, 3.05) is 18.5 Å². The van der Waals surface area contributed by atoms with Gasteiger partial charge in [0, 0.05) is 17.3 Å². The Balaban J connectivity index is 1.58. The second kappa shape index (κ2) is 10.6. The summed E-state index contributed by atoms with van der Waals surface area (Å²) in [4.78, 5) is 43.5. The second-order valence-electron chi connectivity index (χ2n) is 11.3. The van der Waals surface area contributed by atoms with Crippen molar-refractivity contribution in [3.8, 4) is 0 Å². The minimum atomic E-state index is -1.19. The summed E-state index contributed by atoms with van der Waals surface area (Å²) in [6.07, 6.45) is 1.57. The van der Waals surface area contributed by atoms with Crippen molar-refractivity contribution in [2.24, 2.45) is 17.8 Å². The van der Waals surface area contributed by atoms with Gasteiger partial charge in [0.2, 0.25) is 17.7 Å². The van der Waals surface area contributed by atoms with Gasteiger partial charge in [0.05, 0.1) is 30.1 Å². The number of halogens is 1. The molecule has 0 radical (unpaired) electrons. The minimum Gasteiger partial charge on any atom is -0.394 e. The van der Waals surface area contributed by atoms with E-state index in [1.165, 1.54) is 4.90 Å². The van der Waals surface area contributed by atoms with E-state index < -0.39 is 41.0 Å². The highest BCUT2D eigenvalue weighted by Gasteiger charge is 2.80. The molecule has 8 nitrogen and oxygen atoms in total. The molecule has 3 aliphatic heterocycles. The van der Waals surface area contributed by atoms with E-state index in [0.717, 1.165) is 12.0 Å². The predicted octanol–water partition coefficient (Wildman–Crippen LogP) is 3.42. The van der Waals surface area contributed by atoms with Crippen LogP contribution in [0.2, 0.25) is 5.02 Å². The smallest absolute Gasteiger partial charge is 0.250 e. The van der Waals surface area contributed by atoms with Crippen LogP contribution in [0.1, 0.15) is 39.2 Å². The minimum absolute atomic E-state index is 0.0635. The summed E-state index contributed by atoms with van der Waals surface area (Å²) < 4.78 is 6.75. The normalized spacial score (nSPS) is 31.7. The molecule has 5 rings (SSSR count). The fourth-order valence-electron chi connectivity index (χ4n) is 7.01. The van der Waals surface area contributed by atoms with Crippen LogP contribution in [-0.4, -0.2) is 64.2 Å². The molecule has 3 saturated heterocycles. The molecule has 208 valence electrons. The quantitative estimate of drug-likeness (QED) is 0.441. The number of likely N-dealkylation sites (tertiary alicyclic amines) is 1. The number of nitrogens with one attached hydrogen (secondary N) is 2. The number of carbonyl (C=O) groups is 3.